The van der Waals surface area contributed by atoms with Crippen LogP contribution in [0.5, 0.6) is 0 Å². The van der Waals surface area contributed by atoms with E-state index >= 15 is 0 Å². The van der Waals surface area contributed by atoms with Crippen LogP contribution in [0.25, 0.3) is 0 Å². The van der Waals surface area contributed by atoms with Crippen molar-refractivity contribution in [1.82, 2.24) is 5.48 Å². The van der Waals surface area contributed by atoms with Crippen molar-refractivity contribution >= 4 is 17.6 Å². The molecule has 0 saturated carbocycles. The summed E-state index contributed by atoms with van der Waals surface area (Å²) >= 11 is 0. The summed E-state index contributed by atoms with van der Waals surface area (Å²) in [4.78, 5) is 29.4. The maximum absolute atomic E-state index is 13.8. The molecule has 0 aromatic heterocycles. The molecule has 0 radical (unpaired) electrons. The fourth-order valence-electron chi connectivity index (χ4n) is 2.80. The number of hydrogen-bond donors (Lipinski definition) is 2. The average Bonchev–Trinajstić information content (AvgIpc) is 2.79. The molecule has 0 fully saturated rings. The molecule has 31 heavy (non-hydrogen) atoms. The van der Waals surface area contributed by atoms with Crippen LogP contribution in [0.1, 0.15) is 31.8 Å². The number of methoxy groups -OCH3 is 1. The predicted molar refractivity (Wildman–Crippen MR) is 110 cm³/mol. The Morgan fingerprint density at radius 1 is 0.903 bits per heavy atom. The number of hydrogen-bond acceptors (Lipinski definition) is 5. The lowest BCUT2D eigenvalue weighted by Gasteiger charge is -2.13. The van der Waals surface area contributed by atoms with Gasteiger partial charge in [0, 0.05) is 12.2 Å². The van der Waals surface area contributed by atoms with Gasteiger partial charge in [-0.05, 0) is 47.5 Å². The van der Waals surface area contributed by atoms with Crippen LogP contribution in [0.15, 0.2) is 66.7 Å². The van der Waals surface area contributed by atoms with E-state index in [2.05, 4.69) is 15.5 Å². The molecule has 0 unspecified atom stereocenters. The number of rotatable bonds is 8. The van der Waals surface area contributed by atoms with Crippen molar-refractivity contribution in [3.63, 3.8) is 0 Å². The quantitative estimate of drug-likeness (QED) is 0.417. The minimum absolute atomic E-state index is 0.0769. The van der Waals surface area contributed by atoms with E-state index in [0.29, 0.717) is 22.4 Å². The highest BCUT2D eigenvalue weighted by molar-refractivity contribution is 5.99. The first-order valence-corrected chi connectivity index (χ1v) is 9.34. The molecule has 0 heterocycles. The molecular weight excluding hydrogens is 406 g/mol. The summed E-state index contributed by atoms with van der Waals surface area (Å²) in [5.74, 6) is -2.27. The summed E-state index contributed by atoms with van der Waals surface area (Å²) in [6, 6.07) is 16.6. The minimum atomic E-state index is -0.766. The van der Waals surface area contributed by atoms with E-state index < -0.39 is 17.7 Å². The van der Waals surface area contributed by atoms with Crippen molar-refractivity contribution in [1.29, 1.82) is 0 Å². The van der Waals surface area contributed by atoms with E-state index in [4.69, 9.17) is 4.84 Å². The summed E-state index contributed by atoms with van der Waals surface area (Å²) < 4.78 is 31.3. The molecule has 3 aromatic carbocycles. The second-order valence-electron chi connectivity index (χ2n) is 6.55. The van der Waals surface area contributed by atoms with Gasteiger partial charge in [0.25, 0.3) is 5.91 Å². The SMILES string of the molecule is COC(=O)c1cc(CNc2ccccc2C(=O)NOCc2ccc(F)cc2)ccc1F. The Hall–Kier alpha value is -3.78. The number of anilines is 1. The van der Waals surface area contributed by atoms with Gasteiger partial charge in [0.1, 0.15) is 11.6 Å². The Bertz CT molecular complexity index is 1070. The molecular formula is C23H20F2N2O4. The molecule has 6 nitrogen and oxygen atoms in total. The summed E-state index contributed by atoms with van der Waals surface area (Å²) in [6.45, 7) is 0.318. The normalized spacial score (nSPS) is 10.4. The number of ether oxygens (including phenoxy) is 1. The topological polar surface area (TPSA) is 76.7 Å². The first-order chi connectivity index (χ1) is 15.0. The highest BCUT2D eigenvalue weighted by Gasteiger charge is 2.14. The Morgan fingerprint density at radius 2 is 1.61 bits per heavy atom. The first-order valence-electron chi connectivity index (χ1n) is 9.34. The lowest BCUT2D eigenvalue weighted by molar-refractivity contribution is 0.0234. The lowest BCUT2D eigenvalue weighted by Crippen LogP contribution is -2.24. The van der Waals surface area contributed by atoms with Gasteiger partial charge in [0.2, 0.25) is 0 Å². The number of nitrogens with one attached hydrogen (secondary N) is 2. The zero-order valence-corrected chi connectivity index (χ0v) is 16.7. The molecule has 0 atom stereocenters. The summed E-state index contributed by atoms with van der Waals surface area (Å²) in [6.07, 6.45) is 0. The standard InChI is InChI=1S/C23H20F2N2O4/c1-30-23(29)19-12-16(8-11-20(19)25)13-26-21-5-3-2-4-18(21)22(28)27-31-14-15-6-9-17(24)10-7-15/h2-12,26H,13-14H2,1H3,(H,27,28). The molecule has 3 aromatic rings. The average molecular weight is 426 g/mol. The van der Waals surface area contributed by atoms with Crippen LogP contribution in [0, 0.1) is 11.6 Å². The van der Waals surface area contributed by atoms with Crippen molar-refractivity contribution < 1.29 is 27.9 Å². The number of para-hydroxylation sites is 1. The number of halogens is 2. The predicted octanol–water partition coefficient (Wildman–Crippen LogP) is 4.23. The van der Waals surface area contributed by atoms with E-state index in [-0.39, 0.29) is 24.5 Å². The number of amides is 1. The highest BCUT2D eigenvalue weighted by atomic mass is 19.1. The fraction of sp³-hybridized carbons (Fsp3) is 0.130. The van der Waals surface area contributed by atoms with E-state index in [1.165, 1.54) is 37.4 Å². The molecule has 160 valence electrons. The van der Waals surface area contributed by atoms with Crippen molar-refractivity contribution in [3.8, 4) is 0 Å². The van der Waals surface area contributed by atoms with Crippen molar-refractivity contribution in [2.45, 2.75) is 13.2 Å². The first kappa shape index (κ1) is 21.9. The number of benzene rings is 3. The van der Waals surface area contributed by atoms with Gasteiger partial charge in [-0.2, -0.15) is 0 Å². The third kappa shape index (κ3) is 5.86. The van der Waals surface area contributed by atoms with Crippen molar-refractivity contribution in [3.05, 3.63) is 101 Å². The van der Waals surface area contributed by atoms with Gasteiger partial charge in [-0.25, -0.2) is 19.1 Å². The second kappa shape index (κ2) is 10.3. The second-order valence-corrected chi connectivity index (χ2v) is 6.55. The summed E-state index contributed by atoms with van der Waals surface area (Å²) in [5, 5.41) is 3.10. The minimum Gasteiger partial charge on any atom is -0.465 e. The summed E-state index contributed by atoms with van der Waals surface area (Å²) in [5.41, 5.74) is 4.37. The van der Waals surface area contributed by atoms with E-state index in [9.17, 15) is 18.4 Å². The Labute approximate surface area is 177 Å². The third-order valence-electron chi connectivity index (χ3n) is 4.41. The monoisotopic (exact) mass is 426 g/mol. The molecule has 1 amide bonds. The van der Waals surface area contributed by atoms with Gasteiger partial charge >= 0.3 is 5.97 Å². The molecule has 0 saturated heterocycles. The van der Waals surface area contributed by atoms with E-state index in [1.807, 2.05) is 0 Å². The molecule has 2 N–H and O–H groups in total. The Balaban J connectivity index is 1.63. The van der Waals surface area contributed by atoms with Gasteiger partial charge < -0.3 is 10.1 Å². The smallest absolute Gasteiger partial charge is 0.340 e. The fourth-order valence-corrected chi connectivity index (χ4v) is 2.80. The van der Waals surface area contributed by atoms with Gasteiger partial charge in [-0.3, -0.25) is 9.63 Å². The van der Waals surface area contributed by atoms with Crippen molar-refractivity contribution in [2.24, 2.45) is 0 Å². The molecule has 0 aliphatic carbocycles. The summed E-state index contributed by atoms with van der Waals surface area (Å²) in [7, 11) is 1.18. The molecule has 0 aliphatic rings. The zero-order chi connectivity index (χ0) is 22.2. The Morgan fingerprint density at radius 3 is 2.35 bits per heavy atom. The number of carbonyl (C=O) groups excluding carboxylic acids is 2. The van der Waals surface area contributed by atoms with Crippen LogP contribution in [0.4, 0.5) is 14.5 Å². The molecule has 0 bridgehead atoms. The number of esters is 1. The van der Waals surface area contributed by atoms with Crippen LogP contribution >= 0.6 is 0 Å². The zero-order valence-electron chi connectivity index (χ0n) is 16.7. The van der Waals surface area contributed by atoms with Gasteiger partial charge in [-0.1, -0.05) is 30.3 Å². The maximum Gasteiger partial charge on any atom is 0.340 e. The van der Waals surface area contributed by atoms with Crippen molar-refractivity contribution in [2.75, 3.05) is 12.4 Å². The number of carbonyl (C=O) groups is 2. The van der Waals surface area contributed by atoms with Gasteiger partial charge in [0.05, 0.1) is 24.8 Å². The third-order valence-corrected chi connectivity index (χ3v) is 4.41. The van der Waals surface area contributed by atoms with Gasteiger partial charge in [-0.15, -0.1) is 0 Å². The Kier molecular flexibility index (Phi) is 7.29. The van der Waals surface area contributed by atoms with Crippen LogP contribution in [0.2, 0.25) is 0 Å². The largest absolute Gasteiger partial charge is 0.465 e. The van der Waals surface area contributed by atoms with Crippen LogP contribution in [-0.2, 0) is 22.7 Å². The van der Waals surface area contributed by atoms with E-state index in [1.54, 1.807) is 36.4 Å². The highest BCUT2D eigenvalue weighted by Crippen LogP contribution is 2.18. The van der Waals surface area contributed by atoms with Crippen LogP contribution < -0.4 is 10.8 Å². The van der Waals surface area contributed by atoms with Crippen LogP contribution in [0.3, 0.4) is 0 Å². The molecule has 8 heteroatoms. The van der Waals surface area contributed by atoms with Crippen LogP contribution in [-0.4, -0.2) is 19.0 Å². The van der Waals surface area contributed by atoms with E-state index in [0.717, 1.165) is 0 Å². The maximum atomic E-state index is 13.8. The molecule has 0 spiro atoms. The molecule has 0 aliphatic heterocycles. The van der Waals surface area contributed by atoms with Gasteiger partial charge in [0.15, 0.2) is 0 Å². The number of hydroxylamine groups is 1. The molecule has 3 rings (SSSR count). The lowest BCUT2D eigenvalue weighted by atomic mass is 10.1.